The van der Waals surface area contributed by atoms with Crippen LogP contribution in [0.2, 0.25) is 0 Å². The van der Waals surface area contributed by atoms with Crippen LogP contribution in [0.25, 0.3) is 0 Å². The van der Waals surface area contributed by atoms with E-state index in [-0.39, 0.29) is 18.9 Å². The minimum Gasteiger partial charge on any atom is -0.368 e. The lowest BCUT2D eigenvalue weighted by atomic mass is 9.85. The first kappa shape index (κ1) is 13.9. The van der Waals surface area contributed by atoms with Crippen molar-refractivity contribution in [3.05, 3.63) is 0 Å². The Labute approximate surface area is 99.1 Å². The minimum absolute atomic E-state index is 0.154. The highest BCUT2D eigenvalue weighted by Gasteiger charge is 2.40. The Kier molecular flexibility index (Phi) is 4.42. The SMILES string of the molecule is CCN(CC(N)=O)C(=O)C1CCCC(F)(F)C1. The second-order valence-corrected chi connectivity index (χ2v) is 4.47. The van der Waals surface area contributed by atoms with Crippen LogP contribution in [0.1, 0.15) is 32.6 Å². The molecular formula is C11H18F2N2O2. The van der Waals surface area contributed by atoms with Gasteiger partial charge in [-0.2, -0.15) is 0 Å². The zero-order valence-corrected chi connectivity index (χ0v) is 9.92. The molecule has 0 bridgehead atoms. The Morgan fingerprint density at radius 3 is 2.59 bits per heavy atom. The fourth-order valence-corrected chi connectivity index (χ4v) is 2.17. The van der Waals surface area contributed by atoms with Gasteiger partial charge in [-0.1, -0.05) is 0 Å². The van der Waals surface area contributed by atoms with E-state index in [1.165, 1.54) is 4.90 Å². The molecule has 2 N–H and O–H groups in total. The van der Waals surface area contributed by atoms with Gasteiger partial charge in [0.05, 0.1) is 6.54 Å². The van der Waals surface area contributed by atoms with E-state index in [1.807, 2.05) is 0 Å². The number of likely N-dealkylation sites (N-methyl/N-ethyl adjacent to an activating group) is 1. The molecule has 1 saturated carbocycles. The first-order chi connectivity index (χ1) is 7.85. The van der Waals surface area contributed by atoms with Crippen LogP contribution in [0.5, 0.6) is 0 Å². The van der Waals surface area contributed by atoms with E-state index >= 15 is 0 Å². The summed E-state index contributed by atoms with van der Waals surface area (Å²) < 4.78 is 26.4. The molecule has 1 aliphatic carbocycles. The number of hydrogen-bond donors (Lipinski definition) is 1. The van der Waals surface area contributed by atoms with E-state index in [4.69, 9.17) is 5.73 Å². The van der Waals surface area contributed by atoms with Crippen molar-refractivity contribution in [2.24, 2.45) is 11.7 Å². The van der Waals surface area contributed by atoms with Gasteiger partial charge in [0.2, 0.25) is 17.7 Å². The largest absolute Gasteiger partial charge is 0.368 e. The van der Waals surface area contributed by atoms with Gasteiger partial charge < -0.3 is 10.6 Å². The summed E-state index contributed by atoms with van der Waals surface area (Å²) in [4.78, 5) is 23.9. The Balaban J connectivity index is 2.64. The van der Waals surface area contributed by atoms with Crippen LogP contribution in [0.15, 0.2) is 0 Å². The maximum absolute atomic E-state index is 13.2. The first-order valence-electron chi connectivity index (χ1n) is 5.80. The standard InChI is InChI=1S/C11H18F2N2O2/c1-2-15(7-9(14)16)10(17)8-4-3-5-11(12,13)6-8/h8H,2-7H2,1H3,(H2,14,16). The van der Waals surface area contributed by atoms with Gasteiger partial charge in [0.15, 0.2) is 0 Å². The summed E-state index contributed by atoms with van der Waals surface area (Å²) in [5.74, 6) is -4.45. The van der Waals surface area contributed by atoms with Crippen LogP contribution in [0, 0.1) is 5.92 Å². The van der Waals surface area contributed by atoms with Crippen molar-refractivity contribution < 1.29 is 18.4 Å². The van der Waals surface area contributed by atoms with Crippen molar-refractivity contribution in [3.63, 3.8) is 0 Å². The molecule has 6 heteroatoms. The molecule has 0 heterocycles. The minimum atomic E-state index is -2.76. The lowest BCUT2D eigenvalue weighted by Crippen LogP contribution is -2.44. The molecule has 0 aromatic rings. The molecule has 0 aliphatic heterocycles. The van der Waals surface area contributed by atoms with Gasteiger partial charge in [-0.3, -0.25) is 9.59 Å². The van der Waals surface area contributed by atoms with Crippen LogP contribution in [0.3, 0.4) is 0 Å². The zero-order chi connectivity index (χ0) is 13.1. The maximum atomic E-state index is 13.2. The normalized spacial score (nSPS) is 23.1. The van der Waals surface area contributed by atoms with E-state index in [2.05, 4.69) is 0 Å². The average Bonchev–Trinajstić information content (AvgIpc) is 2.23. The van der Waals surface area contributed by atoms with Crippen molar-refractivity contribution in [1.29, 1.82) is 0 Å². The number of nitrogens with zero attached hydrogens (tertiary/aromatic N) is 1. The Bertz CT molecular complexity index is 308. The number of rotatable bonds is 4. The predicted octanol–water partition coefficient (Wildman–Crippen LogP) is 1.15. The highest BCUT2D eigenvalue weighted by Crippen LogP contribution is 2.37. The number of carbonyl (C=O) groups excluding carboxylic acids is 2. The fraction of sp³-hybridized carbons (Fsp3) is 0.818. The van der Waals surface area contributed by atoms with E-state index in [0.717, 1.165) is 0 Å². The summed E-state index contributed by atoms with van der Waals surface area (Å²) in [6.07, 6.45) is 0.237. The van der Waals surface area contributed by atoms with Gasteiger partial charge in [-0.25, -0.2) is 8.78 Å². The van der Waals surface area contributed by atoms with Crippen LogP contribution in [-0.2, 0) is 9.59 Å². The summed E-state index contributed by atoms with van der Waals surface area (Å²) in [5.41, 5.74) is 5.01. The van der Waals surface area contributed by atoms with Gasteiger partial charge in [0, 0.05) is 25.3 Å². The van der Waals surface area contributed by atoms with Crippen molar-refractivity contribution in [2.45, 2.75) is 38.5 Å². The van der Waals surface area contributed by atoms with Gasteiger partial charge in [-0.05, 0) is 19.8 Å². The molecule has 17 heavy (non-hydrogen) atoms. The third kappa shape index (κ3) is 3.94. The fourth-order valence-electron chi connectivity index (χ4n) is 2.17. The summed E-state index contributed by atoms with van der Waals surface area (Å²) in [5, 5.41) is 0. The third-order valence-corrected chi connectivity index (χ3v) is 3.03. The molecule has 1 rings (SSSR count). The number of halogens is 2. The second kappa shape index (κ2) is 5.42. The molecule has 0 aromatic carbocycles. The number of amides is 2. The number of carbonyl (C=O) groups is 2. The quantitative estimate of drug-likeness (QED) is 0.811. The van der Waals surface area contributed by atoms with E-state index in [0.29, 0.717) is 19.4 Å². The second-order valence-electron chi connectivity index (χ2n) is 4.47. The molecule has 1 unspecified atom stereocenters. The first-order valence-corrected chi connectivity index (χ1v) is 5.80. The van der Waals surface area contributed by atoms with E-state index in [9.17, 15) is 18.4 Å². The molecule has 1 aliphatic rings. The Morgan fingerprint density at radius 1 is 1.47 bits per heavy atom. The highest BCUT2D eigenvalue weighted by atomic mass is 19.3. The average molecular weight is 248 g/mol. The molecule has 0 aromatic heterocycles. The Hall–Kier alpha value is -1.20. The van der Waals surface area contributed by atoms with E-state index in [1.54, 1.807) is 6.92 Å². The van der Waals surface area contributed by atoms with E-state index < -0.39 is 24.2 Å². The molecule has 0 saturated heterocycles. The van der Waals surface area contributed by atoms with Crippen LogP contribution >= 0.6 is 0 Å². The molecule has 0 spiro atoms. The molecule has 1 atom stereocenters. The number of alkyl halides is 2. The highest BCUT2D eigenvalue weighted by molar-refractivity contribution is 5.85. The van der Waals surface area contributed by atoms with Crippen molar-refractivity contribution in [2.75, 3.05) is 13.1 Å². The lowest BCUT2D eigenvalue weighted by Gasteiger charge is -2.31. The third-order valence-electron chi connectivity index (χ3n) is 3.03. The number of hydrogen-bond acceptors (Lipinski definition) is 2. The molecule has 1 fully saturated rings. The maximum Gasteiger partial charge on any atom is 0.248 e. The summed E-state index contributed by atoms with van der Waals surface area (Å²) >= 11 is 0. The molecule has 0 radical (unpaired) electrons. The molecular weight excluding hydrogens is 230 g/mol. The molecule has 2 amide bonds. The summed E-state index contributed by atoms with van der Waals surface area (Å²) in [6, 6.07) is 0. The molecule has 4 nitrogen and oxygen atoms in total. The van der Waals surface area contributed by atoms with Gasteiger partial charge >= 0.3 is 0 Å². The molecule has 98 valence electrons. The summed E-state index contributed by atoms with van der Waals surface area (Å²) in [7, 11) is 0. The number of primary amides is 1. The smallest absolute Gasteiger partial charge is 0.248 e. The van der Waals surface area contributed by atoms with Gasteiger partial charge in [0.1, 0.15) is 0 Å². The Morgan fingerprint density at radius 2 is 2.12 bits per heavy atom. The zero-order valence-electron chi connectivity index (χ0n) is 9.92. The monoisotopic (exact) mass is 248 g/mol. The summed E-state index contributed by atoms with van der Waals surface area (Å²) in [6.45, 7) is 1.81. The van der Waals surface area contributed by atoms with Crippen LogP contribution < -0.4 is 5.73 Å². The van der Waals surface area contributed by atoms with Crippen LogP contribution in [0.4, 0.5) is 8.78 Å². The lowest BCUT2D eigenvalue weighted by molar-refractivity contribution is -0.144. The van der Waals surface area contributed by atoms with Crippen molar-refractivity contribution >= 4 is 11.8 Å². The van der Waals surface area contributed by atoms with Crippen LogP contribution in [-0.4, -0.2) is 35.7 Å². The number of nitrogens with two attached hydrogens (primary N) is 1. The van der Waals surface area contributed by atoms with Crippen molar-refractivity contribution in [3.8, 4) is 0 Å². The topological polar surface area (TPSA) is 63.4 Å². The van der Waals surface area contributed by atoms with Gasteiger partial charge in [0.25, 0.3) is 0 Å². The van der Waals surface area contributed by atoms with Crippen molar-refractivity contribution in [1.82, 2.24) is 4.90 Å². The predicted molar refractivity (Wildman–Crippen MR) is 58.4 cm³/mol. The van der Waals surface area contributed by atoms with Gasteiger partial charge in [-0.15, -0.1) is 0 Å².